The minimum atomic E-state index is -0.212. The predicted molar refractivity (Wildman–Crippen MR) is 193 cm³/mol. The summed E-state index contributed by atoms with van der Waals surface area (Å²) in [5, 5.41) is 0. The lowest BCUT2D eigenvalue weighted by Gasteiger charge is -2.24. The molecule has 2 heterocycles. The number of allylic oxidation sites excluding steroid dienone is 1. The van der Waals surface area contributed by atoms with Crippen LogP contribution in [-0.2, 0) is 16.0 Å². The van der Waals surface area contributed by atoms with E-state index in [2.05, 4.69) is 67.0 Å². The number of imidazole rings is 1. The second-order valence-electron chi connectivity index (χ2n) is 9.90. The third kappa shape index (κ3) is 27.8. The van der Waals surface area contributed by atoms with Crippen LogP contribution in [0.4, 0.5) is 4.39 Å². The van der Waals surface area contributed by atoms with E-state index in [1.165, 1.54) is 63.9 Å². The molecule has 0 aliphatic carbocycles. The fourth-order valence-electron chi connectivity index (χ4n) is 3.69. The summed E-state index contributed by atoms with van der Waals surface area (Å²) in [6.45, 7) is 23.7. The van der Waals surface area contributed by atoms with Crippen molar-refractivity contribution in [3.05, 3.63) is 90.2 Å². The summed E-state index contributed by atoms with van der Waals surface area (Å²) >= 11 is 0. The maximum absolute atomic E-state index is 13.8. The maximum Gasteiger partial charge on any atom is 0.133 e. The number of hydrogen-bond acceptors (Lipinski definition) is 5. The summed E-state index contributed by atoms with van der Waals surface area (Å²) in [4.78, 5) is 27.8. The number of hydrogen-bond donors (Lipinski definition) is 2. The molecule has 4 rings (SSSR count). The fraction of sp³-hybridized carbons (Fsp3) is 0.500. The summed E-state index contributed by atoms with van der Waals surface area (Å²) in [6.07, 6.45) is 13.4. The van der Waals surface area contributed by atoms with Gasteiger partial charge >= 0.3 is 0 Å². The summed E-state index contributed by atoms with van der Waals surface area (Å²) in [7, 11) is 0. The van der Waals surface area contributed by atoms with Gasteiger partial charge in [0.2, 0.25) is 0 Å². The third-order valence-corrected chi connectivity index (χ3v) is 5.80. The number of benzene rings is 2. The Morgan fingerprint density at radius 2 is 1.53 bits per heavy atom. The number of halogens is 1. The van der Waals surface area contributed by atoms with Gasteiger partial charge in [-0.2, -0.15) is 0 Å². The molecule has 1 aliphatic rings. The number of H-pyrrole nitrogens is 1. The Balaban J connectivity index is -0.000000544. The molecule has 3 aromatic rings. The van der Waals surface area contributed by atoms with Crippen molar-refractivity contribution in [2.75, 3.05) is 26.2 Å². The number of nitrogens with one attached hydrogen (secondary N) is 1. The van der Waals surface area contributed by atoms with Crippen LogP contribution in [0.1, 0.15) is 97.0 Å². The molecule has 254 valence electrons. The van der Waals surface area contributed by atoms with Crippen LogP contribution in [0.2, 0.25) is 0 Å². The quantitative estimate of drug-likeness (QED) is 0.155. The molecule has 0 unspecified atom stereocenters. The van der Waals surface area contributed by atoms with Crippen molar-refractivity contribution < 1.29 is 14.0 Å². The number of carbonyl (C=O) groups excluding carboxylic acids is 2. The number of unbranched alkanes of at least 4 members (excludes halogenated alkanes) is 1. The number of aryl methyl sites for hydroxylation is 3. The minimum absolute atomic E-state index is 0.139. The van der Waals surface area contributed by atoms with Gasteiger partial charge < -0.3 is 25.2 Å². The van der Waals surface area contributed by atoms with Crippen LogP contribution >= 0.6 is 0 Å². The number of nitrogens with two attached hydrogens (primary N) is 1. The zero-order valence-corrected chi connectivity index (χ0v) is 29.6. The Bertz CT molecular complexity index is 1060. The fourth-order valence-corrected chi connectivity index (χ4v) is 3.69. The Labute approximate surface area is 274 Å². The average molecular weight is 627 g/mol. The molecule has 3 N–H and O–H groups in total. The molecular weight excluding hydrogens is 563 g/mol. The topological polar surface area (TPSA) is 92.1 Å². The van der Waals surface area contributed by atoms with Gasteiger partial charge in [-0.1, -0.05) is 95.5 Å². The van der Waals surface area contributed by atoms with Crippen molar-refractivity contribution in [1.82, 2.24) is 14.9 Å². The van der Waals surface area contributed by atoms with E-state index in [1.807, 2.05) is 51.1 Å². The maximum atomic E-state index is 13.8. The Hall–Kier alpha value is -3.42. The van der Waals surface area contributed by atoms with Crippen molar-refractivity contribution in [1.29, 1.82) is 0 Å². The number of aromatic nitrogens is 2. The normalized spacial score (nSPS) is 11.2. The lowest BCUT2D eigenvalue weighted by Crippen LogP contribution is -2.29. The first-order chi connectivity index (χ1) is 21.8. The number of aldehydes is 2. The van der Waals surface area contributed by atoms with Crippen molar-refractivity contribution in [3.63, 3.8) is 0 Å². The molecule has 0 spiro atoms. The first kappa shape index (κ1) is 46.0. The van der Waals surface area contributed by atoms with Crippen molar-refractivity contribution >= 4 is 12.6 Å². The number of nitrogens with zero attached hydrogens (tertiary/aromatic N) is 2. The largest absolute Gasteiger partial charge is 0.342 e. The van der Waals surface area contributed by atoms with Crippen LogP contribution in [0.25, 0.3) is 11.3 Å². The molecular formula is C38H63FN4O2. The van der Waals surface area contributed by atoms with E-state index in [-0.39, 0.29) is 12.4 Å². The zero-order chi connectivity index (χ0) is 34.7. The minimum Gasteiger partial charge on any atom is -0.342 e. The van der Waals surface area contributed by atoms with Crippen LogP contribution in [-0.4, -0.2) is 53.6 Å². The van der Waals surface area contributed by atoms with Gasteiger partial charge in [-0.05, 0) is 83.8 Å². The van der Waals surface area contributed by atoms with E-state index in [1.54, 1.807) is 12.3 Å². The Morgan fingerprint density at radius 1 is 0.978 bits per heavy atom. The Kier molecular flexibility index (Phi) is 35.8. The van der Waals surface area contributed by atoms with Gasteiger partial charge in [-0.25, -0.2) is 9.37 Å². The predicted octanol–water partition coefficient (Wildman–Crippen LogP) is 9.31. The first-order valence-electron chi connectivity index (χ1n) is 16.5. The summed E-state index contributed by atoms with van der Waals surface area (Å²) in [5.74, 6) is 0.683. The van der Waals surface area contributed by atoms with E-state index < -0.39 is 0 Å². The van der Waals surface area contributed by atoms with E-state index in [0.717, 1.165) is 42.6 Å². The van der Waals surface area contributed by atoms with E-state index >= 15 is 0 Å². The van der Waals surface area contributed by atoms with Gasteiger partial charge in [0.15, 0.2) is 0 Å². The molecule has 0 radical (unpaired) electrons. The molecule has 45 heavy (non-hydrogen) atoms. The van der Waals surface area contributed by atoms with Gasteiger partial charge in [0.1, 0.15) is 24.2 Å². The molecule has 1 saturated heterocycles. The van der Waals surface area contributed by atoms with E-state index in [4.69, 9.17) is 9.59 Å². The molecule has 6 nitrogen and oxygen atoms in total. The average Bonchev–Trinajstić information content (AvgIpc) is 3.53. The van der Waals surface area contributed by atoms with Crippen molar-refractivity contribution in [2.24, 2.45) is 5.73 Å². The highest BCUT2D eigenvalue weighted by molar-refractivity contribution is 5.59. The van der Waals surface area contributed by atoms with Crippen LogP contribution in [0, 0.1) is 19.7 Å². The van der Waals surface area contributed by atoms with E-state index in [9.17, 15) is 4.39 Å². The van der Waals surface area contributed by atoms with E-state index in [0.29, 0.717) is 11.8 Å². The molecule has 0 saturated carbocycles. The highest BCUT2D eigenvalue weighted by atomic mass is 19.1. The number of carbonyl (C=O) groups is 2. The lowest BCUT2D eigenvalue weighted by atomic mass is 10.1. The van der Waals surface area contributed by atoms with Gasteiger partial charge in [-0.3, -0.25) is 0 Å². The number of likely N-dealkylation sites (tertiary alicyclic amines) is 1. The first-order valence-corrected chi connectivity index (χ1v) is 16.5. The number of aromatic amines is 1. The Morgan fingerprint density at radius 3 is 1.93 bits per heavy atom. The standard InChI is InChI=1S/C15H17FN2.C7H15N.C7H8.C3H8.C2H5NO.C2H4O.C2H6/c1-3-4-5-6-15-17-10-14(18-15)12-8-7-11(2)9-13(12)16;1-2-8-6-4-3-5-7-8;1-7-5-3-2-4-6-7;1-3-2;3-1-2-4;1-2-3;1-2/h3,7-10H,1,4-6H2,2H3,(H,17,18);2-7H2,1H3;2-6H,1H3;3H2,1-2H3;2H,1,3H2;2H,1H3;1-2H3. The van der Waals surface area contributed by atoms with Crippen molar-refractivity contribution in [3.8, 4) is 11.3 Å². The van der Waals surface area contributed by atoms with Crippen LogP contribution in [0.15, 0.2) is 67.4 Å². The highest BCUT2D eigenvalue weighted by Crippen LogP contribution is 2.22. The molecule has 1 fully saturated rings. The lowest BCUT2D eigenvalue weighted by molar-refractivity contribution is -0.107. The van der Waals surface area contributed by atoms with Gasteiger partial charge in [0.25, 0.3) is 0 Å². The molecule has 0 amide bonds. The van der Waals surface area contributed by atoms with Crippen molar-refractivity contribution in [2.45, 2.75) is 100 Å². The van der Waals surface area contributed by atoms with Crippen LogP contribution < -0.4 is 5.73 Å². The molecule has 2 aromatic carbocycles. The number of piperidine rings is 1. The highest BCUT2D eigenvalue weighted by Gasteiger charge is 2.08. The van der Waals surface area contributed by atoms with Crippen LogP contribution in [0.3, 0.4) is 0 Å². The summed E-state index contributed by atoms with van der Waals surface area (Å²) in [6, 6.07) is 15.5. The van der Waals surface area contributed by atoms with Gasteiger partial charge in [-0.15, -0.1) is 6.58 Å². The third-order valence-electron chi connectivity index (χ3n) is 5.80. The molecule has 7 heteroatoms. The smallest absolute Gasteiger partial charge is 0.133 e. The molecule has 1 aliphatic heterocycles. The second kappa shape index (κ2) is 35.1. The summed E-state index contributed by atoms with van der Waals surface area (Å²) < 4.78 is 13.8. The second-order valence-corrected chi connectivity index (χ2v) is 9.90. The number of rotatable bonds is 7. The molecule has 0 bridgehead atoms. The molecule has 0 atom stereocenters. The SMILES string of the molecule is C=CCCCc1ncc(-c2ccc(C)cc2F)[nH]1.CC.CC=O.CCC.CCN1CCCCC1.Cc1ccccc1.NCC=O. The zero-order valence-electron chi connectivity index (χ0n) is 29.6. The van der Waals surface area contributed by atoms with Gasteiger partial charge in [0.05, 0.1) is 11.9 Å². The summed E-state index contributed by atoms with van der Waals surface area (Å²) in [5.41, 5.74) is 8.21. The van der Waals surface area contributed by atoms with Gasteiger partial charge in [0, 0.05) is 18.5 Å². The molecule has 1 aromatic heterocycles. The monoisotopic (exact) mass is 626 g/mol. The van der Waals surface area contributed by atoms with Crippen LogP contribution in [0.5, 0.6) is 0 Å².